The van der Waals surface area contributed by atoms with Crippen LogP contribution in [0, 0.1) is 5.92 Å². The van der Waals surface area contributed by atoms with Gasteiger partial charge in [0.25, 0.3) is 5.91 Å². The number of H-pyrrole nitrogens is 1. The smallest absolute Gasteiger partial charge is 0.253 e. The molecule has 0 radical (unpaired) electrons. The van der Waals surface area contributed by atoms with Gasteiger partial charge in [0, 0.05) is 24.2 Å². The van der Waals surface area contributed by atoms with Crippen molar-refractivity contribution in [2.24, 2.45) is 5.92 Å². The third-order valence-electron chi connectivity index (χ3n) is 4.81. The van der Waals surface area contributed by atoms with Gasteiger partial charge in [0.15, 0.2) is 0 Å². The molecule has 1 fully saturated rings. The number of carbonyl (C=O) groups excluding carboxylic acids is 1. The number of nitrogens with one attached hydrogen (secondary N) is 2. The zero-order chi connectivity index (χ0) is 15.4. The van der Waals surface area contributed by atoms with E-state index < -0.39 is 0 Å². The summed E-state index contributed by atoms with van der Waals surface area (Å²) in [4.78, 5) is 15.8. The SMILES string of the molecule is O=C(NC(CCO)C1CCCCC1)c1cccc2cc[nH]c12. The van der Waals surface area contributed by atoms with E-state index in [4.69, 9.17) is 0 Å². The van der Waals surface area contributed by atoms with Gasteiger partial charge in [0.2, 0.25) is 0 Å². The average Bonchev–Trinajstić information content (AvgIpc) is 3.03. The van der Waals surface area contributed by atoms with Gasteiger partial charge in [-0.05, 0) is 37.3 Å². The number of rotatable bonds is 5. The molecule has 1 aliphatic carbocycles. The highest BCUT2D eigenvalue weighted by atomic mass is 16.3. The summed E-state index contributed by atoms with van der Waals surface area (Å²) >= 11 is 0. The van der Waals surface area contributed by atoms with Crippen LogP contribution in [0.15, 0.2) is 30.5 Å². The maximum Gasteiger partial charge on any atom is 0.253 e. The van der Waals surface area contributed by atoms with Crippen LogP contribution >= 0.6 is 0 Å². The van der Waals surface area contributed by atoms with Gasteiger partial charge in [-0.3, -0.25) is 4.79 Å². The Labute approximate surface area is 130 Å². The van der Waals surface area contributed by atoms with E-state index in [0.717, 1.165) is 23.7 Å². The first kappa shape index (κ1) is 15.1. The molecule has 118 valence electrons. The molecule has 0 saturated heterocycles. The molecule has 3 N–H and O–H groups in total. The maximum atomic E-state index is 12.7. The van der Waals surface area contributed by atoms with Gasteiger partial charge in [0.1, 0.15) is 0 Å². The summed E-state index contributed by atoms with van der Waals surface area (Å²) < 4.78 is 0. The Morgan fingerprint density at radius 3 is 2.86 bits per heavy atom. The molecule has 4 nitrogen and oxygen atoms in total. The highest BCUT2D eigenvalue weighted by Gasteiger charge is 2.25. The van der Waals surface area contributed by atoms with Crippen LogP contribution in [0.2, 0.25) is 0 Å². The molecule has 0 aliphatic heterocycles. The van der Waals surface area contributed by atoms with Crippen LogP contribution in [0.25, 0.3) is 10.9 Å². The molecule has 1 unspecified atom stereocenters. The first-order valence-corrected chi connectivity index (χ1v) is 8.27. The van der Waals surface area contributed by atoms with Crippen LogP contribution in [0.1, 0.15) is 48.9 Å². The van der Waals surface area contributed by atoms with Crippen molar-refractivity contribution < 1.29 is 9.90 Å². The van der Waals surface area contributed by atoms with Crippen molar-refractivity contribution in [1.82, 2.24) is 10.3 Å². The number of amides is 1. The number of aromatic nitrogens is 1. The molecule has 1 amide bonds. The molecule has 1 atom stereocenters. The van der Waals surface area contributed by atoms with E-state index in [1.54, 1.807) is 0 Å². The van der Waals surface area contributed by atoms with Crippen LogP contribution in [0.3, 0.4) is 0 Å². The van der Waals surface area contributed by atoms with E-state index >= 15 is 0 Å². The molecule has 1 aromatic heterocycles. The quantitative estimate of drug-likeness (QED) is 0.793. The molecule has 3 rings (SSSR count). The van der Waals surface area contributed by atoms with Crippen LogP contribution < -0.4 is 5.32 Å². The first-order chi connectivity index (χ1) is 10.8. The van der Waals surface area contributed by atoms with E-state index in [-0.39, 0.29) is 18.6 Å². The molecule has 1 heterocycles. The predicted molar refractivity (Wildman–Crippen MR) is 87.8 cm³/mol. The molecular formula is C18H24N2O2. The van der Waals surface area contributed by atoms with E-state index in [9.17, 15) is 9.90 Å². The molecule has 1 saturated carbocycles. The number of benzene rings is 1. The molecular weight excluding hydrogens is 276 g/mol. The third-order valence-corrected chi connectivity index (χ3v) is 4.81. The third kappa shape index (κ3) is 3.17. The van der Waals surface area contributed by atoms with E-state index in [0.29, 0.717) is 17.9 Å². The number of hydrogen-bond acceptors (Lipinski definition) is 2. The molecule has 1 aromatic carbocycles. The highest BCUT2D eigenvalue weighted by Crippen LogP contribution is 2.28. The summed E-state index contributed by atoms with van der Waals surface area (Å²) in [5.41, 5.74) is 1.56. The van der Waals surface area contributed by atoms with Crippen LogP contribution in [0.5, 0.6) is 0 Å². The summed E-state index contributed by atoms with van der Waals surface area (Å²) in [7, 11) is 0. The summed E-state index contributed by atoms with van der Waals surface area (Å²) in [6.45, 7) is 0.119. The zero-order valence-electron chi connectivity index (χ0n) is 12.8. The Balaban J connectivity index is 1.76. The number of hydrogen-bond donors (Lipinski definition) is 3. The second-order valence-electron chi connectivity index (χ2n) is 6.24. The van der Waals surface area contributed by atoms with Crippen LogP contribution in [-0.4, -0.2) is 28.6 Å². The molecule has 1 aliphatic rings. The zero-order valence-corrected chi connectivity index (χ0v) is 12.8. The Kier molecular flexibility index (Phi) is 4.78. The van der Waals surface area contributed by atoms with Gasteiger partial charge >= 0.3 is 0 Å². The summed E-state index contributed by atoms with van der Waals surface area (Å²) in [5, 5.41) is 13.5. The van der Waals surface area contributed by atoms with E-state index in [2.05, 4.69) is 10.3 Å². The van der Waals surface area contributed by atoms with E-state index in [1.165, 1.54) is 19.3 Å². The second kappa shape index (κ2) is 6.97. The Morgan fingerprint density at radius 2 is 2.09 bits per heavy atom. The number of para-hydroxylation sites is 1. The Hall–Kier alpha value is -1.81. The molecule has 0 bridgehead atoms. The number of aliphatic hydroxyl groups excluding tert-OH is 1. The lowest BCUT2D eigenvalue weighted by Gasteiger charge is -2.30. The standard InChI is InChI=1S/C18H24N2O2/c21-12-10-16(13-5-2-1-3-6-13)20-18(22)15-8-4-7-14-9-11-19-17(14)15/h4,7-9,11,13,16,19,21H,1-3,5-6,10,12H2,(H,20,22). The van der Waals surface area contributed by atoms with Crippen molar-refractivity contribution in [3.8, 4) is 0 Å². The lowest BCUT2D eigenvalue weighted by molar-refractivity contribution is 0.0901. The lowest BCUT2D eigenvalue weighted by atomic mass is 9.82. The molecule has 4 heteroatoms. The Morgan fingerprint density at radius 1 is 1.27 bits per heavy atom. The largest absolute Gasteiger partial charge is 0.396 e. The van der Waals surface area contributed by atoms with Gasteiger partial charge in [-0.1, -0.05) is 31.4 Å². The van der Waals surface area contributed by atoms with Gasteiger partial charge in [-0.15, -0.1) is 0 Å². The van der Waals surface area contributed by atoms with Gasteiger partial charge in [0.05, 0.1) is 11.1 Å². The van der Waals surface area contributed by atoms with Gasteiger partial charge in [-0.2, -0.15) is 0 Å². The van der Waals surface area contributed by atoms with Gasteiger partial charge < -0.3 is 15.4 Å². The monoisotopic (exact) mass is 300 g/mol. The Bertz CT molecular complexity index is 629. The fourth-order valence-corrected chi connectivity index (χ4v) is 3.62. The number of aliphatic hydroxyl groups is 1. The molecule has 0 spiro atoms. The fraction of sp³-hybridized carbons (Fsp3) is 0.500. The maximum absolute atomic E-state index is 12.7. The lowest BCUT2D eigenvalue weighted by Crippen LogP contribution is -2.41. The first-order valence-electron chi connectivity index (χ1n) is 8.27. The van der Waals surface area contributed by atoms with Crippen molar-refractivity contribution in [2.45, 2.75) is 44.6 Å². The molecule has 2 aromatic rings. The second-order valence-corrected chi connectivity index (χ2v) is 6.24. The minimum absolute atomic E-state index is 0.0444. The van der Waals surface area contributed by atoms with Crippen molar-refractivity contribution in [3.05, 3.63) is 36.0 Å². The molecule has 22 heavy (non-hydrogen) atoms. The summed E-state index contributed by atoms with van der Waals surface area (Å²) in [6, 6.07) is 7.80. The number of carbonyl (C=O) groups is 1. The summed E-state index contributed by atoms with van der Waals surface area (Å²) in [6.07, 6.45) is 8.54. The van der Waals surface area contributed by atoms with Crippen molar-refractivity contribution in [3.63, 3.8) is 0 Å². The van der Waals surface area contributed by atoms with Gasteiger partial charge in [-0.25, -0.2) is 0 Å². The number of fused-ring (bicyclic) bond motifs is 1. The predicted octanol–water partition coefficient (Wildman–Crippen LogP) is 3.23. The minimum Gasteiger partial charge on any atom is -0.396 e. The number of aromatic amines is 1. The van der Waals surface area contributed by atoms with Crippen molar-refractivity contribution in [1.29, 1.82) is 0 Å². The minimum atomic E-state index is -0.0444. The summed E-state index contributed by atoms with van der Waals surface area (Å²) in [5.74, 6) is 0.449. The van der Waals surface area contributed by atoms with E-state index in [1.807, 2.05) is 30.5 Å². The average molecular weight is 300 g/mol. The van der Waals surface area contributed by atoms with Crippen molar-refractivity contribution >= 4 is 16.8 Å². The van der Waals surface area contributed by atoms with Crippen molar-refractivity contribution in [2.75, 3.05) is 6.61 Å². The van der Waals surface area contributed by atoms with Crippen LogP contribution in [-0.2, 0) is 0 Å². The topological polar surface area (TPSA) is 65.1 Å². The normalized spacial score (nSPS) is 17.5. The van der Waals surface area contributed by atoms with Crippen LogP contribution in [0.4, 0.5) is 0 Å². The highest BCUT2D eigenvalue weighted by molar-refractivity contribution is 6.05. The fourth-order valence-electron chi connectivity index (χ4n) is 3.62.